The minimum Gasteiger partial charge on any atom is -0.482 e. The van der Waals surface area contributed by atoms with E-state index in [1.54, 1.807) is 18.2 Å². The number of amides is 1. The van der Waals surface area contributed by atoms with E-state index >= 15 is 0 Å². The van der Waals surface area contributed by atoms with Crippen molar-refractivity contribution < 1.29 is 24.5 Å². The minimum absolute atomic E-state index is 0.177. The zero-order chi connectivity index (χ0) is 13.3. The standard InChI is InChI=1S/C12H13NO5/c1-7(12(16)17)13-9-4-8(5-14)2-3-10(9)18-6-11(13)15/h2-4,7,14H,5-6H2,1H3,(H,16,17). The van der Waals surface area contributed by atoms with Gasteiger partial charge < -0.3 is 14.9 Å². The summed E-state index contributed by atoms with van der Waals surface area (Å²) in [7, 11) is 0. The first-order valence-corrected chi connectivity index (χ1v) is 5.46. The van der Waals surface area contributed by atoms with Crippen LogP contribution in [0.1, 0.15) is 12.5 Å². The summed E-state index contributed by atoms with van der Waals surface area (Å²) in [5, 5.41) is 18.1. The molecule has 1 amide bonds. The molecule has 96 valence electrons. The molecule has 1 aromatic carbocycles. The van der Waals surface area contributed by atoms with E-state index in [-0.39, 0.29) is 13.2 Å². The van der Waals surface area contributed by atoms with E-state index in [9.17, 15) is 9.59 Å². The Hall–Kier alpha value is -2.08. The molecule has 0 spiro atoms. The van der Waals surface area contributed by atoms with Crippen molar-refractivity contribution in [1.82, 2.24) is 0 Å². The van der Waals surface area contributed by atoms with E-state index in [2.05, 4.69) is 0 Å². The molecule has 1 aliphatic heterocycles. The molecule has 6 heteroatoms. The number of ether oxygens (including phenoxy) is 1. The summed E-state index contributed by atoms with van der Waals surface area (Å²) < 4.78 is 5.23. The van der Waals surface area contributed by atoms with Gasteiger partial charge in [-0.2, -0.15) is 0 Å². The summed E-state index contributed by atoms with van der Waals surface area (Å²) in [5.41, 5.74) is 0.974. The number of carbonyl (C=O) groups is 2. The minimum atomic E-state index is -1.09. The molecule has 1 aliphatic rings. The van der Waals surface area contributed by atoms with Crippen molar-refractivity contribution in [2.75, 3.05) is 11.5 Å². The number of nitrogens with zero attached hydrogens (tertiary/aromatic N) is 1. The van der Waals surface area contributed by atoms with Crippen LogP contribution in [0.25, 0.3) is 0 Å². The van der Waals surface area contributed by atoms with E-state index in [0.717, 1.165) is 0 Å². The SMILES string of the molecule is CC(C(=O)O)N1C(=O)COc2ccc(CO)cc21. The van der Waals surface area contributed by atoms with Crippen LogP contribution in [0, 0.1) is 0 Å². The quantitative estimate of drug-likeness (QED) is 0.810. The number of aliphatic hydroxyl groups is 1. The van der Waals surface area contributed by atoms with E-state index < -0.39 is 17.9 Å². The lowest BCUT2D eigenvalue weighted by Crippen LogP contribution is -2.48. The molecule has 1 heterocycles. The topological polar surface area (TPSA) is 87.1 Å². The number of anilines is 1. The van der Waals surface area contributed by atoms with Gasteiger partial charge in [0.25, 0.3) is 5.91 Å². The lowest BCUT2D eigenvalue weighted by Gasteiger charge is -2.32. The largest absolute Gasteiger partial charge is 0.482 e. The van der Waals surface area contributed by atoms with Crippen LogP contribution in [0.5, 0.6) is 5.75 Å². The van der Waals surface area contributed by atoms with Crippen LogP contribution in [0.15, 0.2) is 18.2 Å². The van der Waals surface area contributed by atoms with Crippen LogP contribution in [0.2, 0.25) is 0 Å². The Morgan fingerprint density at radius 2 is 2.28 bits per heavy atom. The van der Waals surface area contributed by atoms with Gasteiger partial charge in [-0.05, 0) is 24.6 Å². The summed E-state index contributed by atoms with van der Waals surface area (Å²) in [6.07, 6.45) is 0. The van der Waals surface area contributed by atoms with Crippen molar-refractivity contribution >= 4 is 17.6 Å². The zero-order valence-electron chi connectivity index (χ0n) is 9.79. The second kappa shape index (κ2) is 4.66. The van der Waals surface area contributed by atoms with Gasteiger partial charge >= 0.3 is 5.97 Å². The number of aliphatic hydroxyl groups excluding tert-OH is 1. The number of carboxylic acids is 1. The number of carboxylic acid groups (broad SMARTS) is 1. The molecule has 0 aromatic heterocycles. The third-order valence-corrected chi connectivity index (χ3v) is 2.83. The third kappa shape index (κ3) is 2.02. The molecule has 6 nitrogen and oxygen atoms in total. The smallest absolute Gasteiger partial charge is 0.326 e. The maximum atomic E-state index is 11.8. The lowest BCUT2D eigenvalue weighted by molar-refractivity contribution is -0.140. The molecule has 18 heavy (non-hydrogen) atoms. The average Bonchev–Trinajstić information content (AvgIpc) is 2.37. The second-order valence-corrected chi connectivity index (χ2v) is 4.03. The van der Waals surface area contributed by atoms with Gasteiger partial charge in [0.15, 0.2) is 6.61 Å². The molecule has 0 saturated heterocycles. The Kier molecular flexibility index (Phi) is 3.20. The van der Waals surface area contributed by atoms with E-state index in [1.165, 1.54) is 11.8 Å². The summed E-state index contributed by atoms with van der Waals surface area (Å²) >= 11 is 0. The van der Waals surface area contributed by atoms with Gasteiger partial charge in [0, 0.05) is 0 Å². The first kappa shape index (κ1) is 12.4. The fourth-order valence-electron chi connectivity index (χ4n) is 1.85. The van der Waals surface area contributed by atoms with Gasteiger partial charge in [0.1, 0.15) is 11.8 Å². The molecule has 0 radical (unpaired) electrons. The molecule has 1 atom stereocenters. The predicted molar refractivity (Wildman–Crippen MR) is 62.4 cm³/mol. The van der Waals surface area contributed by atoms with Crippen molar-refractivity contribution in [2.45, 2.75) is 19.6 Å². The van der Waals surface area contributed by atoms with Crippen molar-refractivity contribution in [3.63, 3.8) is 0 Å². The molecule has 0 aliphatic carbocycles. The number of rotatable bonds is 3. The fraction of sp³-hybridized carbons (Fsp3) is 0.333. The Labute approximate surface area is 103 Å². The number of fused-ring (bicyclic) bond motifs is 1. The number of hydrogen-bond donors (Lipinski definition) is 2. The van der Waals surface area contributed by atoms with Crippen molar-refractivity contribution in [1.29, 1.82) is 0 Å². The molecular formula is C12H13NO5. The lowest BCUT2D eigenvalue weighted by atomic mass is 10.1. The van der Waals surface area contributed by atoms with Crippen LogP contribution in [0.3, 0.4) is 0 Å². The van der Waals surface area contributed by atoms with Crippen molar-refractivity contribution in [2.24, 2.45) is 0 Å². The Morgan fingerprint density at radius 3 is 2.89 bits per heavy atom. The molecule has 1 unspecified atom stereocenters. The summed E-state index contributed by atoms with van der Waals surface area (Å²) in [5.74, 6) is -1.06. The van der Waals surface area contributed by atoms with Gasteiger partial charge in [-0.3, -0.25) is 9.69 Å². The van der Waals surface area contributed by atoms with Gasteiger partial charge in [0.05, 0.1) is 12.3 Å². The van der Waals surface area contributed by atoms with E-state index in [0.29, 0.717) is 17.0 Å². The Morgan fingerprint density at radius 1 is 1.56 bits per heavy atom. The summed E-state index contributed by atoms with van der Waals surface area (Å²) in [6.45, 7) is 1.07. The second-order valence-electron chi connectivity index (χ2n) is 4.03. The van der Waals surface area contributed by atoms with E-state index in [1.807, 2.05) is 0 Å². The molecule has 2 rings (SSSR count). The highest BCUT2D eigenvalue weighted by molar-refractivity contribution is 6.02. The van der Waals surface area contributed by atoms with Crippen LogP contribution in [-0.4, -0.2) is 34.7 Å². The molecule has 0 bridgehead atoms. The highest BCUT2D eigenvalue weighted by Crippen LogP contribution is 2.34. The van der Waals surface area contributed by atoms with Gasteiger partial charge in [-0.25, -0.2) is 4.79 Å². The molecular weight excluding hydrogens is 238 g/mol. The van der Waals surface area contributed by atoms with Crippen LogP contribution in [0.4, 0.5) is 5.69 Å². The van der Waals surface area contributed by atoms with Crippen molar-refractivity contribution in [3.8, 4) is 5.75 Å². The number of benzene rings is 1. The predicted octanol–water partition coefficient (Wildman–Crippen LogP) is 0.377. The molecule has 2 N–H and O–H groups in total. The monoisotopic (exact) mass is 251 g/mol. The normalized spacial score (nSPS) is 15.9. The first-order valence-electron chi connectivity index (χ1n) is 5.46. The third-order valence-electron chi connectivity index (χ3n) is 2.83. The highest BCUT2D eigenvalue weighted by Gasteiger charge is 2.33. The van der Waals surface area contributed by atoms with Crippen molar-refractivity contribution in [3.05, 3.63) is 23.8 Å². The maximum absolute atomic E-state index is 11.8. The molecule has 0 saturated carbocycles. The number of hydrogen-bond acceptors (Lipinski definition) is 4. The number of carbonyl (C=O) groups excluding carboxylic acids is 1. The molecule has 0 fully saturated rings. The average molecular weight is 251 g/mol. The molecule has 1 aromatic rings. The Balaban J connectivity index is 2.48. The summed E-state index contributed by atoms with van der Waals surface area (Å²) in [6, 6.07) is 3.87. The van der Waals surface area contributed by atoms with Gasteiger partial charge in [0.2, 0.25) is 0 Å². The zero-order valence-corrected chi connectivity index (χ0v) is 9.79. The highest BCUT2D eigenvalue weighted by atomic mass is 16.5. The van der Waals surface area contributed by atoms with Gasteiger partial charge in [-0.1, -0.05) is 6.07 Å². The number of aliphatic carboxylic acids is 1. The fourth-order valence-corrected chi connectivity index (χ4v) is 1.85. The maximum Gasteiger partial charge on any atom is 0.326 e. The van der Waals surface area contributed by atoms with Crippen LogP contribution >= 0.6 is 0 Å². The van der Waals surface area contributed by atoms with E-state index in [4.69, 9.17) is 14.9 Å². The van der Waals surface area contributed by atoms with Crippen LogP contribution in [-0.2, 0) is 16.2 Å². The first-order chi connectivity index (χ1) is 8.54. The summed E-state index contributed by atoms with van der Waals surface area (Å²) in [4.78, 5) is 24.0. The Bertz CT molecular complexity index is 499. The van der Waals surface area contributed by atoms with Crippen LogP contribution < -0.4 is 9.64 Å². The van der Waals surface area contributed by atoms with Gasteiger partial charge in [-0.15, -0.1) is 0 Å².